The van der Waals surface area contributed by atoms with Gasteiger partial charge in [-0.1, -0.05) is 69.1 Å². The fraction of sp³-hybridized carbons (Fsp3) is 0.520. The topological polar surface area (TPSA) is 119 Å². The van der Waals surface area contributed by atoms with Crippen molar-refractivity contribution in [3.8, 4) is 11.5 Å². The highest BCUT2D eigenvalue weighted by molar-refractivity contribution is 8.26. The summed E-state index contributed by atoms with van der Waals surface area (Å²) < 4.78 is 11.8. The van der Waals surface area contributed by atoms with Crippen LogP contribution in [0.25, 0.3) is 6.08 Å². The lowest BCUT2D eigenvalue weighted by Crippen LogP contribution is -2.44. The first-order valence-corrected chi connectivity index (χ1v) is 13.2. The summed E-state index contributed by atoms with van der Waals surface area (Å²) in [6.45, 7) is 5.14. The van der Waals surface area contributed by atoms with E-state index in [1.165, 1.54) is 25.7 Å². The Bertz CT molecular complexity index is 950. The van der Waals surface area contributed by atoms with Crippen LogP contribution in [0.3, 0.4) is 0 Å². The van der Waals surface area contributed by atoms with Crippen molar-refractivity contribution in [3.63, 3.8) is 0 Å². The SMILES string of the molecule is CCCCCCCCOc1ccc(/C=C2/SC(=S)N([C@@H](CCC(N)=O)C(=O)O)C2=O)cc1OCC. The van der Waals surface area contributed by atoms with Crippen LogP contribution < -0.4 is 15.2 Å². The Morgan fingerprint density at radius 3 is 2.51 bits per heavy atom. The summed E-state index contributed by atoms with van der Waals surface area (Å²) in [4.78, 5) is 37.1. The van der Waals surface area contributed by atoms with E-state index in [1.807, 2.05) is 19.1 Å². The fourth-order valence-electron chi connectivity index (χ4n) is 3.61. The molecule has 1 aliphatic heterocycles. The van der Waals surface area contributed by atoms with E-state index in [9.17, 15) is 19.5 Å². The summed E-state index contributed by atoms with van der Waals surface area (Å²) in [5.74, 6) is -1.18. The second-order valence-corrected chi connectivity index (χ2v) is 9.84. The summed E-state index contributed by atoms with van der Waals surface area (Å²) >= 11 is 6.29. The Kier molecular flexibility index (Phi) is 12.1. The van der Waals surface area contributed by atoms with Crippen LogP contribution in [-0.2, 0) is 14.4 Å². The van der Waals surface area contributed by atoms with Gasteiger partial charge in [0.2, 0.25) is 5.91 Å². The first-order chi connectivity index (χ1) is 16.8. The number of hydrogen-bond acceptors (Lipinski definition) is 7. The van der Waals surface area contributed by atoms with Crippen LogP contribution in [0.1, 0.15) is 70.8 Å². The maximum Gasteiger partial charge on any atom is 0.326 e. The molecule has 1 aliphatic rings. The van der Waals surface area contributed by atoms with Gasteiger partial charge in [-0.25, -0.2) is 4.79 Å². The number of hydrogen-bond donors (Lipinski definition) is 2. The second-order valence-electron chi connectivity index (χ2n) is 8.17. The standard InChI is InChI=1S/C25H34N2O6S2/c1-3-5-6-7-8-9-14-33-19-12-10-17(15-20(19)32-4-2)16-21-23(29)27(25(34)35-21)18(24(30)31)11-13-22(26)28/h10,12,15-16,18H,3-9,11,13-14H2,1-2H3,(H2,26,28)(H,30,31)/b21-16+/t18-/m0/s1. The van der Waals surface area contributed by atoms with Gasteiger partial charge in [0, 0.05) is 6.42 Å². The molecule has 1 aromatic carbocycles. The molecule has 2 amide bonds. The van der Waals surface area contributed by atoms with Gasteiger partial charge in [-0.15, -0.1) is 0 Å². The van der Waals surface area contributed by atoms with Crippen LogP contribution >= 0.6 is 24.0 Å². The molecule has 1 fully saturated rings. The highest BCUT2D eigenvalue weighted by Crippen LogP contribution is 2.36. The van der Waals surface area contributed by atoms with Gasteiger partial charge in [0.05, 0.1) is 18.1 Å². The summed E-state index contributed by atoms with van der Waals surface area (Å²) in [6.07, 6.45) is 8.42. The third kappa shape index (κ3) is 8.85. The van der Waals surface area contributed by atoms with Crippen molar-refractivity contribution >= 4 is 52.2 Å². The number of nitrogens with zero attached hydrogens (tertiary/aromatic N) is 1. The van der Waals surface area contributed by atoms with Gasteiger partial charge < -0.3 is 20.3 Å². The van der Waals surface area contributed by atoms with Crippen molar-refractivity contribution < 1.29 is 29.0 Å². The van der Waals surface area contributed by atoms with Crippen molar-refractivity contribution in [2.75, 3.05) is 13.2 Å². The molecular weight excluding hydrogens is 488 g/mol. The molecule has 8 nitrogen and oxygen atoms in total. The molecule has 192 valence electrons. The molecular formula is C25H34N2O6S2. The average molecular weight is 523 g/mol. The predicted octanol–water partition coefficient (Wildman–Crippen LogP) is 4.74. The van der Waals surface area contributed by atoms with Crippen LogP contribution in [0.4, 0.5) is 0 Å². The van der Waals surface area contributed by atoms with Crippen molar-refractivity contribution in [1.82, 2.24) is 4.90 Å². The number of thiocarbonyl (C=S) groups is 1. The van der Waals surface area contributed by atoms with Gasteiger partial charge in [-0.2, -0.15) is 0 Å². The van der Waals surface area contributed by atoms with E-state index >= 15 is 0 Å². The summed E-state index contributed by atoms with van der Waals surface area (Å²) in [6, 6.07) is 4.15. The zero-order valence-electron chi connectivity index (χ0n) is 20.3. The third-order valence-corrected chi connectivity index (χ3v) is 6.74. The fourth-order valence-corrected chi connectivity index (χ4v) is 4.97. The normalized spacial score (nSPS) is 15.5. The molecule has 0 spiro atoms. The lowest BCUT2D eigenvalue weighted by Gasteiger charge is -2.22. The highest BCUT2D eigenvalue weighted by atomic mass is 32.2. The lowest BCUT2D eigenvalue weighted by molar-refractivity contribution is -0.145. The molecule has 3 N–H and O–H groups in total. The van der Waals surface area contributed by atoms with Gasteiger partial charge >= 0.3 is 5.97 Å². The molecule has 1 aromatic rings. The first-order valence-electron chi connectivity index (χ1n) is 12.0. The molecule has 35 heavy (non-hydrogen) atoms. The minimum atomic E-state index is -1.25. The zero-order chi connectivity index (χ0) is 25.8. The van der Waals surface area contributed by atoms with Gasteiger partial charge in [0.25, 0.3) is 5.91 Å². The minimum absolute atomic E-state index is 0.108. The number of rotatable bonds is 16. The van der Waals surface area contributed by atoms with Crippen molar-refractivity contribution in [3.05, 3.63) is 28.7 Å². The van der Waals surface area contributed by atoms with E-state index in [0.717, 1.165) is 29.5 Å². The lowest BCUT2D eigenvalue weighted by atomic mass is 10.1. The van der Waals surface area contributed by atoms with E-state index in [-0.39, 0.29) is 17.2 Å². The average Bonchev–Trinajstić information content (AvgIpc) is 3.07. The van der Waals surface area contributed by atoms with E-state index in [4.69, 9.17) is 27.4 Å². The number of carboxylic acid groups (broad SMARTS) is 1. The van der Waals surface area contributed by atoms with Gasteiger partial charge in [-0.05, 0) is 43.5 Å². The van der Waals surface area contributed by atoms with Gasteiger partial charge in [0.15, 0.2) is 11.5 Å². The Labute approximate surface area is 216 Å². The summed E-state index contributed by atoms with van der Waals surface area (Å²) in [5, 5.41) is 9.56. The van der Waals surface area contributed by atoms with E-state index in [2.05, 4.69) is 6.92 Å². The van der Waals surface area contributed by atoms with Crippen molar-refractivity contribution in [2.24, 2.45) is 5.73 Å². The molecule has 0 aromatic heterocycles. The van der Waals surface area contributed by atoms with Crippen LogP contribution in [0.15, 0.2) is 23.1 Å². The number of ether oxygens (including phenoxy) is 2. The second kappa shape index (κ2) is 14.7. The monoisotopic (exact) mass is 522 g/mol. The number of nitrogens with two attached hydrogens (primary N) is 1. The Hall–Kier alpha value is -2.59. The molecule has 0 saturated carbocycles. The van der Waals surface area contributed by atoms with E-state index in [0.29, 0.717) is 35.2 Å². The Morgan fingerprint density at radius 2 is 1.86 bits per heavy atom. The number of aliphatic carboxylic acids is 1. The number of benzene rings is 1. The Balaban J connectivity index is 2.10. The molecule has 10 heteroatoms. The minimum Gasteiger partial charge on any atom is -0.490 e. The molecule has 0 unspecified atom stereocenters. The number of thioether (sulfide) groups is 1. The molecule has 0 aliphatic carbocycles. The van der Waals surface area contributed by atoms with Crippen LogP contribution in [0.2, 0.25) is 0 Å². The number of primary amides is 1. The van der Waals surface area contributed by atoms with Crippen molar-refractivity contribution in [1.29, 1.82) is 0 Å². The highest BCUT2D eigenvalue weighted by Gasteiger charge is 2.40. The predicted molar refractivity (Wildman–Crippen MR) is 141 cm³/mol. The largest absolute Gasteiger partial charge is 0.490 e. The smallest absolute Gasteiger partial charge is 0.326 e. The summed E-state index contributed by atoms with van der Waals surface area (Å²) in [7, 11) is 0. The number of carboxylic acids is 1. The zero-order valence-corrected chi connectivity index (χ0v) is 21.9. The van der Waals surface area contributed by atoms with E-state index < -0.39 is 23.8 Å². The molecule has 1 atom stereocenters. The van der Waals surface area contributed by atoms with Crippen LogP contribution in [0.5, 0.6) is 11.5 Å². The summed E-state index contributed by atoms with van der Waals surface area (Å²) in [5.41, 5.74) is 5.84. The maximum atomic E-state index is 13.0. The molecule has 0 radical (unpaired) electrons. The van der Waals surface area contributed by atoms with E-state index in [1.54, 1.807) is 12.1 Å². The number of carbonyl (C=O) groups is 3. The van der Waals surface area contributed by atoms with Gasteiger partial charge in [-0.3, -0.25) is 14.5 Å². The van der Waals surface area contributed by atoms with Crippen molar-refractivity contribution in [2.45, 2.75) is 71.3 Å². The molecule has 0 bridgehead atoms. The first kappa shape index (κ1) is 28.6. The quantitative estimate of drug-likeness (QED) is 0.181. The van der Waals surface area contributed by atoms with Gasteiger partial charge in [0.1, 0.15) is 10.4 Å². The third-order valence-electron chi connectivity index (χ3n) is 5.41. The number of unbranched alkanes of at least 4 members (excludes halogenated alkanes) is 5. The maximum absolute atomic E-state index is 13.0. The number of amides is 2. The Morgan fingerprint density at radius 1 is 1.14 bits per heavy atom. The van der Waals surface area contributed by atoms with Crippen LogP contribution in [-0.4, -0.2) is 51.4 Å². The number of carbonyl (C=O) groups excluding carboxylic acids is 2. The molecule has 2 rings (SSSR count). The van der Waals surface area contributed by atoms with Crippen LogP contribution in [0, 0.1) is 0 Å². The molecule has 1 saturated heterocycles. The molecule has 1 heterocycles.